The van der Waals surface area contributed by atoms with Gasteiger partial charge in [-0.15, -0.1) is 0 Å². The van der Waals surface area contributed by atoms with Crippen LogP contribution in [-0.2, 0) is 0 Å². The van der Waals surface area contributed by atoms with E-state index in [0.29, 0.717) is 0 Å². The Balaban J connectivity index is 3.25. The van der Waals surface area contributed by atoms with Gasteiger partial charge in [0.15, 0.2) is 0 Å². The Morgan fingerprint density at radius 3 is 2.43 bits per heavy atom. The van der Waals surface area contributed by atoms with Crippen molar-refractivity contribution in [2.45, 2.75) is 13.8 Å². The molecule has 3 heteroatoms. The second kappa shape index (κ2) is 3.87. The fourth-order valence-corrected chi connectivity index (χ4v) is 0.395. The van der Waals surface area contributed by atoms with E-state index in [-0.39, 0.29) is 0 Å². The van der Waals surface area contributed by atoms with Crippen LogP contribution in [0.2, 0.25) is 0 Å². The van der Waals surface area contributed by atoms with Crippen LogP contribution in [-0.4, -0.2) is 11.3 Å². The Kier molecular flexibility index (Phi) is 3.69. The monoisotopic (exact) mass is 116 g/mol. The van der Waals surface area contributed by atoms with Gasteiger partial charge in [0, 0.05) is 17.7 Å². The van der Waals surface area contributed by atoms with Gasteiger partial charge in [-0.25, -0.2) is 4.40 Å². The van der Waals surface area contributed by atoms with E-state index >= 15 is 0 Å². The molecule has 0 unspecified atom stereocenters. The third-order valence-corrected chi connectivity index (χ3v) is 0.864. The zero-order valence-electron chi connectivity index (χ0n) is 4.43. The van der Waals surface area contributed by atoms with Gasteiger partial charge < -0.3 is 0 Å². The SMILES string of the molecule is CC(C)=NSC=N. The Bertz CT molecular complexity index is 83.7. The van der Waals surface area contributed by atoms with Gasteiger partial charge in [0.25, 0.3) is 0 Å². The molecule has 0 aromatic heterocycles. The molecular weight excluding hydrogens is 108 g/mol. The van der Waals surface area contributed by atoms with E-state index in [1.807, 2.05) is 13.8 Å². The van der Waals surface area contributed by atoms with Crippen molar-refractivity contribution >= 4 is 23.2 Å². The van der Waals surface area contributed by atoms with Gasteiger partial charge in [0.05, 0.1) is 5.55 Å². The molecule has 0 atom stereocenters. The predicted octanol–water partition coefficient (Wildman–Crippen LogP) is 1.72. The summed E-state index contributed by atoms with van der Waals surface area (Å²) in [5.41, 5.74) is 2.20. The molecule has 0 fully saturated rings. The van der Waals surface area contributed by atoms with Crippen molar-refractivity contribution in [2.24, 2.45) is 4.40 Å². The minimum Gasteiger partial charge on any atom is -0.300 e. The maximum absolute atomic E-state index is 6.53. The van der Waals surface area contributed by atoms with E-state index in [1.165, 1.54) is 5.55 Å². The van der Waals surface area contributed by atoms with Crippen molar-refractivity contribution in [3.8, 4) is 0 Å². The molecule has 0 aromatic rings. The van der Waals surface area contributed by atoms with Crippen LogP contribution in [0.25, 0.3) is 0 Å². The van der Waals surface area contributed by atoms with E-state index in [1.54, 1.807) is 0 Å². The van der Waals surface area contributed by atoms with Crippen LogP contribution in [0.1, 0.15) is 13.8 Å². The summed E-state index contributed by atoms with van der Waals surface area (Å²) in [5, 5.41) is 6.53. The third kappa shape index (κ3) is 5.69. The summed E-state index contributed by atoms with van der Waals surface area (Å²) in [6.45, 7) is 3.80. The van der Waals surface area contributed by atoms with Crippen LogP contribution in [0.5, 0.6) is 0 Å². The van der Waals surface area contributed by atoms with Gasteiger partial charge in [-0.2, -0.15) is 0 Å². The summed E-state index contributed by atoms with van der Waals surface area (Å²) < 4.78 is 3.83. The van der Waals surface area contributed by atoms with Crippen molar-refractivity contribution < 1.29 is 0 Å². The summed E-state index contributed by atoms with van der Waals surface area (Å²) >= 11 is 1.15. The largest absolute Gasteiger partial charge is 0.300 e. The second-order valence-electron chi connectivity index (χ2n) is 1.26. The predicted molar refractivity (Wildman–Crippen MR) is 35.2 cm³/mol. The molecule has 0 aromatic carbocycles. The molecule has 0 rings (SSSR count). The van der Waals surface area contributed by atoms with E-state index in [2.05, 4.69) is 4.40 Å². The first kappa shape index (κ1) is 6.69. The van der Waals surface area contributed by atoms with Crippen LogP contribution < -0.4 is 0 Å². The molecule has 40 valence electrons. The Morgan fingerprint density at radius 1 is 1.71 bits per heavy atom. The Morgan fingerprint density at radius 2 is 2.29 bits per heavy atom. The van der Waals surface area contributed by atoms with E-state index in [0.717, 1.165) is 17.7 Å². The quantitative estimate of drug-likeness (QED) is 0.333. The van der Waals surface area contributed by atoms with Crippen molar-refractivity contribution in [1.82, 2.24) is 0 Å². The summed E-state index contributed by atoms with van der Waals surface area (Å²) in [6, 6.07) is 0. The van der Waals surface area contributed by atoms with Gasteiger partial charge in [-0.3, -0.25) is 5.41 Å². The van der Waals surface area contributed by atoms with Crippen molar-refractivity contribution in [3.05, 3.63) is 0 Å². The molecule has 0 bridgehead atoms. The second-order valence-corrected chi connectivity index (χ2v) is 1.89. The lowest BCUT2D eigenvalue weighted by molar-refractivity contribution is 1.60. The molecule has 1 N–H and O–H groups in total. The first-order valence-corrected chi connectivity index (χ1v) is 2.77. The van der Waals surface area contributed by atoms with Crippen LogP contribution in [0.3, 0.4) is 0 Å². The lowest BCUT2D eigenvalue weighted by atomic mass is 10.5. The van der Waals surface area contributed by atoms with Crippen LogP contribution in [0.4, 0.5) is 0 Å². The molecular formula is C4H8N2S. The first-order valence-electron chi connectivity index (χ1n) is 1.93. The van der Waals surface area contributed by atoms with Crippen molar-refractivity contribution in [2.75, 3.05) is 0 Å². The average molecular weight is 116 g/mol. The maximum atomic E-state index is 6.53. The van der Waals surface area contributed by atoms with E-state index in [4.69, 9.17) is 5.41 Å². The molecule has 0 aliphatic carbocycles. The van der Waals surface area contributed by atoms with Crippen molar-refractivity contribution in [1.29, 1.82) is 5.41 Å². The molecule has 0 saturated heterocycles. The first-order chi connectivity index (χ1) is 3.27. The van der Waals surface area contributed by atoms with Gasteiger partial charge in [0.2, 0.25) is 0 Å². The lowest BCUT2D eigenvalue weighted by Gasteiger charge is -1.80. The summed E-state index contributed by atoms with van der Waals surface area (Å²) in [7, 11) is 0. The summed E-state index contributed by atoms with van der Waals surface area (Å²) in [5.74, 6) is 0. The molecule has 0 saturated carbocycles. The molecule has 0 spiro atoms. The molecule has 0 heterocycles. The highest BCUT2D eigenvalue weighted by Gasteiger charge is 1.72. The minimum atomic E-state index is 0.994. The maximum Gasteiger partial charge on any atom is 0.0736 e. The standard InChI is InChI=1S/C4H8N2S/c1-4(2)6-7-3-5/h3,5H,1-2H3. The number of rotatable bonds is 2. The number of hydrogen-bond donors (Lipinski definition) is 1. The number of nitrogens with one attached hydrogen (secondary N) is 1. The molecule has 0 aliphatic heterocycles. The molecule has 0 aliphatic rings. The van der Waals surface area contributed by atoms with Gasteiger partial charge in [0.1, 0.15) is 0 Å². The third-order valence-electron chi connectivity index (χ3n) is 0.288. The smallest absolute Gasteiger partial charge is 0.0736 e. The fourth-order valence-electron chi connectivity index (χ4n) is 0.132. The number of hydrogen-bond acceptors (Lipinski definition) is 3. The average Bonchev–Trinajstić information content (AvgIpc) is 1.61. The van der Waals surface area contributed by atoms with Gasteiger partial charge in [-0.05, 0) is 13.8 Å². The Hall–Kier alpha value is -0.310. The topological polar surface area (TPSA) is 36.2 Å². The zero-order valence-corrected chi connectivity index (χ0v) is 5.25. The highest BCUT2D eigenvalue weighted by Crippen LogP contribution is 1.94. The van der Waals surface area contributed by atoms with E-state index in [9.17, 15) is 0 Å². The molecule has 2 nitrogen and oxygen atoms in total. The van der Waals surface area contributed by atoms with Crippen molar-refractivity contribution in [3.63, 3.8) is 0 Å². The number of nitrogens with zero attached hydrogens (tertiary/aromatic N) is 1. The Labute approximate surface area is 47.7 Å². The molecule has 0 radical (unpaired) electrons. The van der Waals surface area contributed by atoms with Gasteiger partial charge >= 0.3 is 0 Å². The summed E-state index contributed by atoms with van der Waals surface area (Å²) in [6.07, 6.45) is 0. The minimum absolute atomic E-state index is 0.994. The van der Waals surface area contributed by atoms with Crippen LogP contribution in [0, 0.1) is 5.41 Å². The lowest BCUT2D eigenvalue weighted by Crippen LogP contribution is -1.73. The normalized spacial score (nSPS) is 7.71. The van der Waals surface area contributed by atoms with Crippen LogP contribution in [0.15, 0.2) is 4.40 Å². The highest BCUT2D eigenvalue weighted by atomic mass is 32.2. The fraction of sp³-hybridized carbons (Fsp3) is 0.500. The van der Waals surface area contributed by atoms with Gasteiger partial charge in [-0.1, -0.05) is 0 Å². The van der Waals surface area contributed by atoms with E-state index < -0.39 is 0 Å². The molecule has 0 amide bonds. The molecule has 7 heavy (non-hydrogen) atoms. The van der Waals surface area contributed by atoms with Crippen LogP contribution >= 0.6 is 11.9 Å². The zero-order chi connectivity index (χ0) is 5.70. The summed E-state index contributed by atoms with van der Waals surface area (Å²) in [4.78, 5) is 0. The highest BCUT2D eigenvalue weighted by molar-refractivity contribution is 8.10.